The Morgan fingerprint density at radius 1 is 1.64 bits per heavy atom. The zero-order chi connectivity index (χ0) is 8.48. The van der Waals surface area contributed by atoms with Gasteiger partial charge in [0.25, 0.3) is 0 Å². The van der Waals surface area contributed by atoms with Crippen LogP contribution in [0.5, 0.6) is 0 Å². The van der Waals surface area contributed by atoms with E-state index in [0.717, 1.165) is 6.42 Å². The fraction of sp³-hybridized carbons (Fsp3) is 0.667. The third-order valence-electron chi connectivity index (χ3n) is 2.43. The van der Waals surface area contributed by atoms with Crippen LogP contribution in [0.1, 0.15) is 27.2 Å². The molecule has 1 rings (SSSR count). The fourth-order valence-corrected chi connectivity index (χ4v) is 1.26. The van der Waals surface area contributed by atoms with Crippen LogP contribution in [-0.4, -0.2) is 23.8 Å². The van der Waals surface area contributed by atoms with Crippen molar-refractivity contribution in [1.29, 1.82) is 0 Å². The Morgan fingerprint density at radius 2 is 2.27 bits per heavy atom. The summed E-state index contributed by atoms with van der Waals surface area (Å²) in [7, 11) is 2.02. The average molecular weight is 152 g/mol. The van der Waals surface area contributed by atoms with Crippen molar-refractivity contribution < 1.29 is 0 Å². The summed E-state index contributed by atoms with van der Waals surface area (Å²) in [6, 6.07) is 0. The second-order valence-corrected chi connectivity index (χ2v) is 3.37. The molecule has 0 fully saturated rings. The highest BCUT2D eigenvalue weighted by Crippen LogP contribution is 2.23. The molecule has 1 aliphatic heterocycles. The van der Waals surface area contributed by atoms with Crippen molar-refractivity contribution in [3.05, 3.63) is 11.6 Å². The van der Waals surface area contributed by atoms with E-state index in [2.05, 4.69) is 31.9 Å². The van der Waals surface area contributed by atoms with Crippen molar-refractivity contribution in [2.75, 3.05) is 7.05 Å². The van der Waals surface area contributed by atoms with Crippen molar-refractivity contribution in [1.82, 2.24) is 5.01 Å². The molecule has 1 atom stereocenters. The molecule has 0 aromatic carbocycles. The number of likely N-dealkylation sites (N-methyl/N-ethyl adjacent to an activating group) is 1. The van der Waals surface area contributed by atoms with Crippen LogP contribution in [0.2, 0.25) is 0 Å². The highest BCUT2D eigenvalue weighted by molar-refractivity contribution is 5.78. The number of hydrogen-bond acceptors (Lipinski definition) is 2. The van der Waals surface area contributed by atoms with Crippen LogP contribution in [0.3, 0.4) is 0 Å². The standard InChI is InChI=1S/C9H16N2/c1-5-9(3)6-8(2)7-10-11(9)4/h6-7H,5H2,1-4H3. The Hall–Kier alpha value is -0.790. The Balaban J connectivity index is 2.89. The molecule has 1 aliphatic rings. The zero-order valence-electron chi connectivity index (χ0n) is 7.76. The van der Waals surface area contributed by atoms with Crippen molar-refractivity contribution >= 4 is 6.21 Å². The van der Waals surface area contributed by atoms with E-state index in [9.17, 15) is 0 Å². The molecule has 2 nitrogen and oxygen atoms in total. The van der Waals surface area contributed by atoms with Gasteiger partial charge in [-0.05, 0) is 25.8 Å². The van der Waals surface area contributed by atoms with Crippen LogP contribution in [0.25, 0.3) is 0 Å². The summed E-state index contributed by atoms with van der Waals surface area (Å²) >= 11 is 0. The predicted octanol–water partition coefficient (Wildman–Crippen LogP) is 2.03. The van der Waals surface area contributed by atoms with Crippen LogP contribution in [0, 0.1) is 0 Å². The van der Waals surface area contributed by atoms with Crippen molar-refractivity contribution in [2.24, 2.45) is 5.10 Å². The molecule has 0 aromatic heterocycles. The monoisotopic (exact) mass is 152 g/mol. The molecule has 0 radical (unpaired) electrons. The molecule has 0 aliphatic carbocycles. The summed E-state index contributed by atoms with van der Waals surface area (Å²) < 4.78 is 0. The third kappa shape index (κ3) is 1.44. The number of hydrazone groups is 1. The lowest BCUT2D eigenvalue weighted by atomic mass is 9.95. The highest BCUT2D eigenvalue weighted by Gasteiger charge is 2.25. The zero-order valence-corrected chi connectivity index (χ0v) is 7.76. The lowest BCUT2D eigenvalue weighted by Crippen LogP contribution is -2.40. The molecule has 11 heavy (non-hydrogen) atoms. The van der Waals surface area contributed by atoms with E-state index in [1.807, 2.05) is 18.3 Å². The van der Waals surface area contributed by atoms with E-state index in [1.54, 1.807) is 0 Å². The summed E-state index contributed by atoms with van der Waals surface area (Å²) in [6.45, 7) is 6.47. The van der Waals surface area contributed by atoms with Gasteiger partial charge in [-0.25, -0.2) is 0 Å². The van der Waals surface area contributed by atoms with Gasteiger partial charge in [-0.15, -0.1) is 0 Å². The molecule has 62 valence electrons. The molecule has 0 spiro atoms. The van der Waals surface area contributed by atoms with Gasteiger partial charge in [0, 0.05) is 13.3 Å². The van der Waals surface area contributed by atoms with Crippen LogP contribution in [0.15, 0.2) is 16.8 Å². The van der Waals surface area contributed by atoms with Gasteiger partial charge in [-0.2, -0.15) is 5.10 Å². The van der Waals surface area contributed by atoms with E-state index < -0.39 is 0 Å². The Bertz CT molecular complexity index is 206. The van der Waals surface area contributed by atoms with Gasteiger partial charge >= 0.3 is 0 Å². The first-order valence-corrected chi connectivity index (χ1v) is 4.06. The second-order valence-electron chi connectivity index (χ2n) is 3.37. The lowest BCUT2D eigenvalue weighted by molar-refractivity contribution is 0.185. The maximum Gasteiger partial charge on any atom is 0.0730 e. The van der Waals surface area contributed by atoms with Crippen molar-refractivity contribution in [2.45, 2.75) is 32.7 Å². The Labute approximate surface area is 68.6 Å². The second kappa shape index (κ2) is 2.68. The summed E-state index contributed by atoms with van der Waals surface area (Å²) in [5.74, 6) is 0. The lowest BCUT2D eigenvalue weighted by Gasteiger charge is -2.36. The smallest absolute Gasteiger partial charge is 0.0730 e. The molecule has 0 saturated carbocycles. The van der Waals surface area contributed by atoms with Gasteiger partial charge in [-0.1, -0.05) is 13.0 Å². The number of nitrogens with zero attached hydrogens (tertiary/aromatic N) is 2. The minimum atomic E-state index is 0.124. The average Bonchev–Trinajstić information content (AvgIpc) is 1.98. The normalized spacial score (nSPS) is 30.5. The van der Waals surface area contributed by atoms with Crippen LogP contribution in [0.4, 0.5) is 0 Å². The van der Waals surface area contributed by atoms with Crippen LogP contribution in [-0.2, 0) is 0 Å². The van der Waals surface area contributed by atoms with E-state index in [4.69, 9.17) is 0 Å². The maximum absolute atomic E-state index is 4.27. The first-order chi connectivity index (χ1) is 5.08. The Morgan fingerprint density at radius 3 is 2.73 bits per heavy atom. The third-order valence-corrected chi connectivity index (χ3v) is 2.43. The topological polar surface area (TPSA) is 15.6 Å². The molecule has 0 N–H and O–H groups in total. The molecule has 0 bridgehead atoms. The fourth-order valence-electron chi connectivity index (χ4n) is 1.26. The minimum absolute atomic E-state index is 0.124. The van der Waals surface area contributed by atoms with Gasteiger partial charge in [0.05, 0.1) is 5.54 Å². The van der Waals surface area contributed by atoms with Crippen LogP contribution >= 0.6 is 0 Å². The van der Waals surface area contributed by atoms with Gasteiger partial charge in [0.1, 0.15) is 0 Å². The SMILES string of the molecule is CCC1(C)C=C(C)C=NN1C. The summed E-state index contributed by atoms with van der Waals surface area (Å²) in [5.41, 5.74) is 1.38. The first-order valence-electron chi connectivity index (χ1n) is 4.06. The molecular formula is C9H16N2. The van der Waals surface area contributed by atoms with Gasteiger partial charge in [0.15, 0.2) is 0 Å². The van der Waals surface area contributed by atoms with Gasteiger partial charge < -0.3 is 0 Å². The van der Waals surface area contributed by atoms with Crippen LogP contribution < -0.4 is 0 Å². The minimum Gasteiger partial charge on any atom is -0.290 e. The number of rotatable bonds is 1. The molecule has 0 aromatic rings. The van der Waals surface area contributed by atoms with E-state index in [0.29, 0.717) is 0 Å². The predicted molar refractivity (Wildman–Crippen MR) is 48.7 cm³/mol. The molecule has 2 heteroatoms. The summed E-state index contributed by atoms with van der Waals surface area (Å²) in [5, 5.41) is 6.29. The van der Waals surface area contributed by atoms with Crippen molar-refractivity contribution in [3.63, 3.8) is 0 Å². The van der Waals surface area contributed by atoms with E-state index in [-0.39, 0.29) is 5.54 Å². The first kappa shape index (κ1) is 8.31. The van der Waals surface area contributed by atoms with Crippen molar-refractivity contribution in [3.8, 4) is 0 Å². The molecule has 0 saturated heterocycles. The molecule has 0 amide bonds. The Kier molecular flexibility index (Phi) is 2.03. The molecule has 1 heterocycles. The largest absolute Gasteiger partial charge is 0.290 e. The molecule has 1 unspecified atom stereocenters. The molecular weight excluding hydrogens is 136 g/mol. The van der Waals surface area contributed by atoms with Gasteiger partial charge in [-0.3, -0.25) is 5.01 Å². The van der Waals surface area contributed by atoms with E-state index in [1.165, 1.54) is 5.57 Å². The van der Waals surface area contributed by atoms with Gasteiger partial charge in [0.2, 0.25) is 0 Å². The number of allylic oxidation sites excluding steroid dienone is 1. The quantitative estimate of drug-likeness (QED) is 0.561. The highest BCUT2D eigenvalue weighted by atomic mass is 15.5. The number of hydrogen-bond donors (Lipinski definition) is 0. The van der Waals surface area contributed by atoms with E-state index >= 15 is 0 Å². The summed E-state index contributed by atoms with van der Waals surface area (Å²) in [6.07, 6.45) is 5.26. The summed E-state index contributed by atoms with van der Waals surface area (Å²) in [4.78, 5) is 0. The maximum atomic E-state index is 4.27.